The molecule has 2 saturated carbocycles. The van der Waals surface area contributed by atoms with E-state index in [0.717, 1.165) is 24.3 Å². The number of hydrogen-bond donors (Lipinski definition) is 1. The third-order valence-corrected chi connectivity index (χ3v) is 5.67. The van der Waals surface area contributed by atoms with Gasteiger partial charge in [-0.05, 0) is 50.9 Å². The van der Waals surface area contributed by atoms with Crippen LogP contribution in [0.25, 0.3) is 0 Å². The molecule has 0 aromatic heterocycles. The Bertz CT molecular complexity index is 272. The van der Waals surface area contributed by atoms with Crippen molar-refractivity contribution in [1.82, 2.24) is 4.90 Å². The molecule has 18 heavy (non-hydrogen) atoms. The standard InChI is InChI=1S/C16H32N2/c1-12(2)18(10-15-7-8-15)16(11-17)9-5-6-13(3)14(16)4/h12-15H,5-11,17H2,1-4H3. The minimum atomic E-state index is 0.272. The molecule has 106 valence electrons. The van der Waals surface area contributed by atoms with Crippen LogP contribution in [0.2, 0.25) is 0 Å². The molecule has 2 fully saturated rings. The summed E-state index contributed by atoms with van der Waals surface area (Å²) in [4.78, 5) is 2.77. The van der Waals surface area contributed by atoms with Gasteiger partial charge in [0.15, 0.2) is 0 Å². The van der Waals surface area contributed by atoms with Crippen molar-refractivity contribution >= 4 is 0 Å². The average Bonchev–Trinajstić information content (AvgIpc) is 3.14. The lowest BCUT2D eigenvalue weighted by molar-refractivity contribution is -0.0329. The topological polar surface area (TPSA) is 29.3 Å². The highest BCUT2D eigenvalue weighted by Crippen LogP contribution is 2.44. The van der Waals surface area contributed by atoms with Crippen LogP contribution in [0.1, 0.15) is 59.8 Å². The summed E-state index contributed by atoms with van der Waals surface area (Å²) >= 11 is 0. The first-order valence-corrected chi connectivity index (χ1v) is 7.98. The molecular formula is C16H32N2. The molecule has 0 aromatic carbocycles. The van der Waals surface area contributed by atoms with Crippen molar-refractivity contribution in [1.29, 1.82) is 0 Å². The third-order valence-electron chi connectivity index (χ3n) is 5.67. The molecule has 3 atom stereocenters. The molecule has 0 saturated heterocycles. The van der Waals surface area contributed by atoms with E-state index < -0.39 is 0 Å². The fourth-order valence-corrected chi connectivity index (χ4v) is 4.03. The molecule has 0 bridgehead atoms. The van der Waals surface area contributed by atoms with Crippen LogP contribution in [0.3, 0.4) is 0 Å². The second-order valence-corrected chi connectivity index (χ2v) is 7.16. The van der Waals surface area contributed by atoms with E-state index >= 15 is 0 Å². The van der Waals surface area contributed by atoms with Gasteiger partial charge in [-0.1, -0.05) is 26.7 Å². The first-order valence-electron chi connectivity index (χ1n) is 7.98. The van der Waals surface area contributed by atoms with Crippen LogP contribution in [-0.4, -0.2) is 29.6 Å². The van der Waals surface area contributed by atoms with Crippen molar-refractivity contribution in [2.75, 3.05) is 13.1 Å². The molecule has 2 N–H and O–H groups in total. The summed E-state index contributed by atoms with van der Waals surface area (Å²) in [6, 6.07) is 0.627. The molecule has 2 rings (SSSR count). The van der Waals surface area contributed by atoms with Crippen molar-refractivity contribution in [2.45, 2.75) is 71.4 Å². The smallest absolute Gasteiger partial charge is 0.0362 e. The molecule has 2 aliphatic carbocycles. The Labute approximate surface area is 113 Å². The Morgan fingerprint density at radius 2 is 1.89 bits per heavy atom. The molecule has 0 heterocycles. The van der Waals surface area contributed by atoms with E-state index in [4.69, 9.17) is 5.73 Å². The largest absolute Gasteiger partial charge is 0.329 e. The van der Waals surface area contributed by atoms with E-state index in [2.05, 4.69) is 32.6 Å². The second kappa shape index (κ2) is 5.50. The first kappa shape index (κ1) is 14.3. The van der Waals surface area contributed by atoms with Gasteiger partial charge in [0.2, 0.25) is 0 Å². The minimum absolute atomic E-state index is 0.272. The van der Waals surface area contributed by atoms with Crippen LogP contribution in [0, 0.1) is 17.8 Å². The van der Waals surface area contributed by atoms with Gasteiger partial charge in [0.1, 0.15) is 0 Å². The number of rotatable bonds is 5. The molecule has 2 heteroatoms. The van der Waals surface area contributed by atoms with E-state index in [-0.39, 0.29) is 5.54 Å². The van der Waals surface area contributed by atoms with Crippen LogP contribution in [-0.2, 0) is 0 Å². The van der Waals surface area contributed by atoms with Gasteiger partial charge in [-0.25, -0.2) is 0 Å². The third kappa shape index (κ3) is 2.60. The Hall–Kier alpha value is -0.0800. The van der Waals surface area contributed by atoms with Crippen molar-refractivity contribution in [3.05, 3.63) is 0 Å². The average molecular weight is 252 g/mol. The van der Waals surface area contributed by atoms with Crippen molar-refractivity contribution in [2.24, 2.45) is 23.5 Å². The highest BCUT2D eigenvalue weighted by atomic mass is 15.2. The van der Waals surface area contributed by atoms with Gasteiger partial charge in [0.05, 0.1) is 0 Å². The lowest BCUT2D eigenvalue weighted by Gasteiger charge is -2.54. The van der Waals surface area contributed by atoms with E-state index in [1.807, 2.05) is 0 Å². The minimum Gasteiger partial charge on any atom is -0.329 e. The van der Waals surface area contributed by atoms with Crippen LogP contribution in [0.4, 0.5) is 0 Å². The summed E-state index contributed by atoms with van der Waals surface area (Å²) in [7, 11) is 0. The fraction of sp³-hybridized carbons (Fsp3) is 1.00. The van der Waals surface area contributed by atoms with Gasteiger partial charge in [0.25, 0.3) is 0 Å². The van der Waals surface area contributed by atoms with Crippen LogP contribution in [0.5, 0.6) is 0 Å². The Kier molecular flexibility index (Phi) is 4.38. The maximum atomic E-state index is 6.28. The molecule has 3 unspecified atom stereocenters. The summed E-state index contributed by atoms with van der Waals surface area (Å²) in [5.41, 5.74) is 6.56. The quantitative estimate of drug-likeness (QED) is 0.814. The van der Waals surface area contributed by atoms with Gasteiger partial charge in [-0.15, -0.1) is 0 Å². The van der Waals surface area contributed by atoms with E-state index in [1.165, 1.54) is 38.6 Å². The fourth-order valence-electron chi connectivity index (χ4n) is 4.03. The summed E-state index contributed by atoms with van der Waals surface area (Å²) in [5.74, 6) is 2.51. The summed E-state index contributed by atoms with van der Waals surface area (Å²) < 4.78 is 0. The van der Waals surface area contributed by atoms with Crippen molar-refractivity contribution in [3.8, 4) is 0 Å². The zero-order valence-corrected chi connectivity index (χ0v) is 12.8. The van der Waals surface area contributed by atoms with Crippen LogP contribution < -0.4 is 5.73 Å². The SMILES string of the molecule is CC1CCCC(CN)(N(CC2CC2)C(C)C)C1C. The summed E-state index contributed by atoms with van der Waals surface area (Å²) in [5, 5.41) is 0. The Morgan fingerprint density at radius 3 is 2.39 bits per heavy atom. The highest BCUT2D eigenvalue weighted by Gasteiger charge is 2.46. The number of nitrogens with zero attached hydrogens (tertiary/aromatic N) is 1. The molecular weight excluding hydrogens is 220 g/mol. The van der Waals surface area contributed by atoms with E-state index in [1.54, 1.807) is 0 Å². The zero-order valence-electron chi connectivity index (χ0n) is 12.8. The van der Waals surface area contributed by atoms with Gasteiger partial charge in [0, 0.05) is 24.7 Å². The second-order valence-electron chi connectivity index (χ2n) is 7.16. The van der Waals surface area contributed by atoms with Gasteiger partial charge in [-0.3, -0.25) is 4.90 Å². The van der Waals surface area contributed by atoms with E-state index in [0.29, 0.717) is 6.04 Å². The van der Waals surface area contributed by atoms with E-state index in [9.17, 15) is 0 Å². The Morgan fingerprint density at radius 1 is 1.22 bits per heavy atom. The lowest BCUT2D eigenvalue weighted by atomic mass is 9.67. The molecule has 0 aliphatic heterocycles. The van der Waals surface area contributed by atoms with Gasteiger partial charge >= 0.3 is 0 Å². The monoisotopic (exact) mass is 252 g/mol. The van der Waals surface area contributed by atoms with Gasteiger partial charge in [-0.2, -0.15) is 0 Å². The van der Waals surface area contributed by atoms with Crippen LogP contribution >= 0.6 is 0 Å². The molecule has 2 aliphatic rings. The van der Waals surface area contributed by atoms with Gasteiger partial charge < -0.3 is 5.73 Å². The normalized spacial score (nSPS) is 37.5. The summed E-state index contributed by atoms with van der Waals surface area (Å²) in [6.45, 7) is 11.7. The zero-order chi connectivity index (χ0) is 13.3. The van der Waals surface area contributed by atoms with Crippen molar-refractivity contribution in [3.63, 3.8) is 0 Å². The molecule has 0 aromatic rings. The maximum Gasteiger partial charge on any atom is 0.0362 e. The van der Waals surface area contributed by atoms with Crippen LogP contribution in [0.15, 0.2) is 0 Å². The first-order chi connectivity index (χ1) is 8.51. The maximum absolute atomic E-state index is 6.28. The number of nitrogens with two attached hydrogens (primary N) is 1. The number of hydrogen-bond acceptors (Lipinski definition) is 2. The molecule has 2 nitrogen and oxygen atoms in total. The molecule has 0 radical (unpaired) electrons. The lowest BCUT2D eigenvalue weighted by Crippen LogP contribution is -2.63. The predicted octanol–water partition coefficient (Wildman–Crippen LogP) is 3.26. The molecule has 0 amide bonds. The highest BCUT2D eigenvalue weighted by molar-refractivity contribution is 5.02. The summed E-state index contributed by atoms with van der Waals surface area (Å²) in [6.07, 6.45) is 6.93. The Balaban J connectivity index is 2.20. The predicted molar refractivity (Wildman–Crippen MR) is 78.5 cm³/mol. The molecule has 0 spiro atoms. The van der Waals surface area contributed by atoms with Crippen molar-refractivity contribution < 1.29 is 0 Å².